The summed E-state index contributed by atoms with van der Waals surface area (Å²) in [6, 6.07) is 3.37. The van der Waals surface area contributed by atoms with Crippen molar-refractivity contribution in [3.8, 4) is 16.9 Å². The lowest BCUT2D eigenvalue weighted by molar-refractivity contribution is -0.137. The molecule has 0 saturated carbocycles. The van der Waals surface area contributed by atoms with Crippen molar-refractivity contribution in [2.24, 2.45) is 0 Å². The fourth-order valence-electron chi connectivity index (χ4n) is 1.68. The number of hydrogen-bond acceptors (Lipinski definition) is 3. The van der Waals surface area contributed by atoms with Crippen LogP contribution < -0.4 is 10.3 Å². The maximum Gasteiger partial charge on any atom is 0.418 e. The number of hydrogen-bond donors (Lipinski definition) is 1. The van der Waals surface area contributed by atoms with Crippen molar-refractivity contribution < 1.29 is 17.9 Å². The van der Waals surface area contributed by atoms with Gasteiger partial charge in [0.15, 0.2) is 0 Å². The van der Waals surface area contributed by atoms with Gasteiger partial charge in [0.1, 0.15) is 5.75 Å². The third kappa shape index (κ3) is 2.62. The largest absolute Gasteiger partial charge is 0.495 e. The van der Waals surface area contributed by atoms with Crippen molar-refractivity contribution >= 4 is 11.6 Å². The van der Waals surface area contributed by atoms with Crippen LogP contribution in [-0.2, 0) is 6.18 Å². The van der Waals surface area contributed by atoms with Crippen LogP contribution in [0, 0.1) is 0 Å². The van der Waals surface area contributed by atoms with E-state index in [1.807, 2.05) is 0 Å². The van der Waals surface area contributed by atoms with Crippen LogP contribution in [-0.4, -0.2) is 17.3 Å². The number of aromatic amines is 1. The molecule has 4 nitrogen and oxygen atoms in total. The number of aromatic nitrogens is 2. The Morgan fingerprint density at radius 3 is 2.60 bits per heavy atom. The van der Waals surface area contributed by atoms with Crippen LogP contribution in [0.4, 0.5) is 13.2 Å². The smallest absolute Gasteiger partial charge is 0.418 e. The fraction of sp³-hybridized carbons (Fsp3) is 0.167. The summed E-state index contributed by atoms with van der Waals surface area (Å²) in [5.74, 6) is -0.160. The van der Waals surface area contributed by atoms with Gasteiger partial charge >= 0.3 is 6.18 Å². The first-order valence-electron chi connectivity index (χ1n) is 5.33. The molecule has 1 aromatic heterocycles. The maximum absolute atomic E-state index is 12.9. The van der Waals surface area contributed by atoms with E-state index in [4.69, 9.17) is 16.3 Å². The van der Waals surface area contributed by atoms with E-state index >= 15 is 0 Å². The summed E-state index contributed by atoms with van der Waals surface area (Å²) in [5, 5.41) is 5.09. The van der Waals surface area contributed by atoms with Gasteiger partial charge in [-0.1, -0.05) is 11.6 Å². The van der Waals surface area contributed by atoms with Gasteiger partial charge < -0.3 is 4.74 Å². The number of H-pyrrole nitrogens is 1. The molecule has 0 unspecified atom stereocenters. The van der Waals surface area contributed by atoms with E-state index < -0.39 is 22.3 Å². The Morgan fingerprint density at radius 1 is 1.35 bits per heavy atom. The van der Waals surface area contributed by atoms with Gasteiger partial charge in [-0.25, -0.2) is 5.10 Å². The van der Waals surface area contributed by atoms with E-state index in [2.05, 4.69) is 10.2 Å². The van der Waals surface area contributed by atoms with Crippen molar-refractivity contribution in [1.82, 2.24) is 10.2 Å². The van der Waals surface area contributed by atoms with Crippen LogP contribution in [0.3, 0.4) is 0 Å². The first kappa shape index (κ1) is 14.4. The zero-order valence-corrected chi connectivity index (χ0v) is 10.8. The summed E-state index contributed by atoms with van der Waals surface area (Å²) >= 11 is 5.65. The third-order valence-electron chi connectivity index (χ3n) is 2.60. The Morgan fingerprint density at radius 2 is 2.05 bits per heavy atom. The molecule has 0 bridgehead atoms. The van der Waals surface area contributed by atoms with Gasteiger partial charge in [0.25, 0.3) is 5.56 Å². The first-order valence-corrected chi connectivity index (χ1v) is 5.71. The lowest BCUT2D eigenvalue weighted by atomic mass is 10.0. The monoisotopic (exact) mass is 304 g/mol. The van der Waals surface area contributed by atoms with Crippen LogP contribution >= 0.6 is 11.6 Å². The van der Waals surface area contributed by atoms with Crippen molar-refractivity contribution in [2.45, 2.75) is 6.18 Å². The molecule has 0 fully saturated rings. The van der Waals surface area contributed by atoms with Crippen LogP contribution in [0.25, 0.3) is 11.1 Å². The first-order chi connectivity index (χ1) is 9.34. The molecule has 1 heterocycles. The average Bonchev–Trinajstić information content (AvgIpc) is 2.38. The molecule has 2 aromatic rings. The second-order valence-corrected chi connectivity index (χ2v) is 4.22. The zero-order valence-electron chi connectivity index (χ0n) is 10.1. The molecule has 0 amide bonds. The molecule has 0 atom stereocenters. The number of ether oxygens (including phenoxy) is 1. The number of nitrogens with zero attached hydrogens (tertiary/aromatic N) is 1. The number of benzene rings is 1. The molecule has 20 heavy (non-hydrogen) atoms. The molecule has 0 aliphatic carbocycles. The molecule has 0 aliphatic heterocycles. The highest BCUT2D eigenvalue weighted by molar-refractivity contribution is 6.33. The minimum atomic E-state index is -4.65. The molecule has 0 saturated heterocycles. The van der Waals surface area contributed by atoms with Gasteiger partial charge in [0.2, 0.25) is 0 Å². The Balaban J connectivity index is 2.73. The molecule has 0 spiro atoms. The van der Waals surface area contributed by atoms with Crippen LogP contribution in [0.1, 0.15) is 5.56 Å². The number of rotatable bonds is 2. The van der Waals surface area contributed by atoms with Crippen LogP contribution in [0.15, 0.2) is 29.2 Å². The number of alkyl halides is 3. The lowest BCUT2D eigenvalue weighted by Gasteiger charge is -2.14. The molecular weight excluding hydrogens is 297 g/mol. The number of halogens is 4. The van der Waals surface area contributed by atoms with Crippen molar-refractivity contribution in [2.75, 3.05) is 7.11 Å². The van der Waals surface area contributed by atoms with Gasteiger partial charge in [-0.15, -0.1) is 0 Å². The van der Waals surface area contributed by atoms with E-state index in [1.165, 1.54) is 25.4 Å². The van der Waals surface area contributed by atoms with Crippen molar-refractivity contribution in [3.05, 3.63) is 45.3 Å². The normalized spacial score (nSPS) is 11.4. The number of methoxy groups -OCH3 is 1. The zero-order chi connectivity index (χ0) is 14.9. The van der Waals surface area contributed by atoms with E-state index in [0.29, 0.717) is 0 Å². The minimum Gasteiger partial charge on any atom is -0.495 e. The number of nitrogens with one attached hydrogen (secondary N) is 1. The molecule has 106 valence electrons. The lowest BCUT2D eigenvalue weighted by Crippen LogP contribution is -2.11. The van der Waals surface area contributed by atoms with Crippen LogP contribution in [0.2, 0.25) is 5.02 Å². The minimum absolute atomic E-state index is 0.0421. The maximum atomic E-state index is 12.9. The average molecular weight is 305 g/mol. The summed E-state index contributed by atoms with van der Waals surface area (Å²) in [6.45, 7) is 0. The van der Waals surface area contributed by atoms with E-state index in [0.717, 1.165) is 6.07 Å². The quantitative estimate of drug-likeness (QED) is 0.927. The van der Waals surface area contributed by atoms with Gasteiger partial charge in [-0.05, 0) is 23.8 Å². The summed E-state index contributed by atoms with van der Waals surface area (Å²) in [5.41, 5.74) is -1.59. The summed E-state index contributed by atoms with van der Waals surface area (Å²) in [6.07, 6.45) is -3.38. The molecule has 1 aromatic carbocycles. The molecule has 2 rings (SSSR count). The molecular formula is C12H8ClF3N2O2. The molecule has 8 heteroatoms. The van der Waals surface area contributed by atoms with Gasteiger partial charge in [0, 0.05) is 6.20 Å². The summed E-state index contributed by atoms with van der Waals surface area (Å²) < 4.78 is 43.6. The summed E-state index contributed by atoms with van der Waals surface area (Å²) in [7, 11) is 1.20. The van der Waals surface area contributed by atoms with Gasteiger partial charge in [-0.3, -0.25) is 4.79 Å². The second kappa shape index (κ2) is 5.16. The topological polar surface area (TPSA) is 55.0 Å². The fourth-order valence-corrected chi connectivity index (χ4v) is 1.97. The third-order valence-corrected chi connectivity index (χ3v) is 2.99. The van der Waals surface area contributed by atoms with Crippen molar-refractivity contribution in [3.63, 3.8) is 0 Å². The standard InChI is InChI=1S/C12H8ClF3N2O2/c1-20-9-5-6(7-2-3-17-18-11(7)19)4-8(10(9)13)12(14,15)16/h2-5H,1H3,(H,18,19). The van der Waals surface area contributed by atoms with E-state index in [9.17, 15) is 18.0 Å². The van der Waals surface area contributed by atoms with Crippen molar-refractivity contribution in [1.29, 1.82) is 0 Å². The van der Waals surface area contributed by atoms with E-state index in [-0.39, 0.29) is 16.9 Å². The molecule has 0 radical (unpaired) electrons. The highest BCUT2D eigenvalue weighted by atomic mass is 35.5. The highest BCUT2D eigenvalue weighted by Gasteiger charge is 2.35. The van der Waals surface area contributed by atoms with Crippen LogP contribution in [0.5, 0.6) is 5.75 Å². The van der Waals surface area contributed by atoms with E-state index in [1.54, 1.807) is 0 Å². The molecule has 0 aliphatic rings. The Labute approximate surface area is 116 Å². The molecule has 1 N–H and O–H groups in total. The van der Waals surface area contributed by atoms with Gasteiger partial charge in [0.05, 0.1) is 23.3 Å². The predicted molar refractivity (Wildman–Crippen MR) is 66.9 cm³/mol. The Hall–Kier alpha value is -2.02. The predicted octanol–water partition coefficient (Wildman–Crippen LogP) is 3.12. The highest BCUT2D eigenvalue weighted by Crippen LogP contribution is 2.41. The SMILES string of the molecule is COc1cc(-c2ccn[nH]c2=O)cc(C(F)(F)F)c1Cl. The summed E-state index contributed by atoms with van der Waals surface area (Å²) in [4.78, 5) is 11.6. The second-order valence-electron chi connectivity index (χ2n) is 3.84. The Bertz CT molecular complexity index is 698. The van der Waals surface area contributed by atoms with Gasteiger partial charge in [-0.2, -0.15) is 18.3 Å². The Kier molecular flexibility index (Phi) is 3.71.